The van der Waals surface area contributed by atoms with Gasteiger partial charge in [-0.15, -0.1) is 0 Å². The summed E-state index contributed by atoms with van der Waals surface area (Å²) in [6, 6.07) is 5.20. The molecule has 0 aromatic heterocycles. The van der Waals surface area contributed by atoms with Crippen molar-refractivity contribution in [2.24, 2.45) is 5.73 Å². The Labute approximate surface area is 87.9 Å². The summed E-state index contributed by atoms with van der Waals surface area (Å²) in [5.74, 6) is 0. The summed E-state index contributed by atoms with van der Waals surface area (Å²) in [5.41, 5.74) is 7.53. The summed E-state index contributed by atoms with van der Waals surface area (Å²) < 4.78 is 0. The van der Waals surface area contributed by atoms with Gasteiger partial charge in [0.2, 0.25) is 0 Å². The maximum atomic E-state index is 9.89. The Balaban J connectivity index is 2.43. The predicted molar refractivity (Wildman–Crippen MR) is 57.5 cm³/mol. The number of benzene rings is 1. The van der Waals surface area contributed by atoms with E-state index in [-0.39, 0.29) is 6.04 Å². The van der Waals surface area contributed by atoms with Crippen molar-refractivity contribution in [2.75, 3.05) is 11.9 Å². The van der Waals surface area contributed by atoms with Crippen LogP contribution in [0.15, 0.2) is 18.2 Å². The van der Waals surface area contributed by atoms with Crippen LogP contribution in [0.1, 0.15) is 18.1 Å². The summed E-state index contributed by atoms with van der Waals surface area (Å²) in [7, 11) is 0. The highest BCUT2D eigenvalue weighted by Gasteiger charge is 2.22. The van der Waals surface area contributed by atoms with E-state index in [0.717, 1.165) is 24.2 Å². The second-order valence-electron chi connectivity index (χ2n) is 3.56. The van der Waals surface area contributed by atoms with Gasteiger partial charge in [-0.1, -0.05) is 17.7 Å². The van der Waals surface area contributed by atoms with Crippen molar-refractivity contribution in [3.8, 4) is 0 Å². The van der Waals surface area contributed by atoms with Gasteiger partial charge < -0.3 is 16.2 Å². The van der Waals surface area contributed by atoms with E-state index in [1.54, 1.807) is 6.07 Å². The van der Waals surface area contributed by atoms with Gasteiger partial charge in [-0.05, 0) is 18.6 Å². The van der Waals surface area contributed by atoms with Crippen LogP contribution in [0.5, 0.6) is 0 Å². The van der Waals surface area contributed by atoms with Crippen molar-refractivity contribution in [1.82, 2.24) is 0 Å². The van der Waals surface area contributed by atoms with E-state index in [1.165, 1.54) is 0 Å². The maximum absolute atomic E-state index is 9.89. The molecule has 4 heteroatoms. The molecule has 0 spiro atoms. The van der Waals surface area contributed by atoms with Crippen molar-refractivity contribution in [2.45, 2.75) is 18.6 Å². The van der Waals surface area contributed by atoms with Crippen LogP contribution in [0.2, 0.25) is 5.02 Å². The average Bonchev–Trinajstić information content (AvgIpc) is 2.28. The molecule has 76 valence electrons. The molecule has 0 saturated heterocycles. The Bertz CT molecular complexity index is 343. The fourth-order valence-electron chi connectivity index (χ4n) is 1.70. The molecule has 2 rings (SSSR count). The Morgan fingerprint density at radius 2 is 2.29 bits per heavy atom. The molecule has 0 amide bonds. The van der Waals surface area contributed by atoms with Crippen molar-refractivity contribution in [1.29, 1.82) is 0 Å². The van der Waals surface area contributed by atoms with Gasteiger partial charge in [-0.3, -0.25) is 0 Å². The first-order chi connectivity index (χ1) is 6.68. The molecule has 1 heterocycles. The van der Waals surface area contributed by atoms with Gasteiger partial charge >= 0.3 is 0 Å². The molecule has 14 heavy (non-hydrogen) atoms. The fourth-order valence-corrected chi connectivity index (χ4v) is 1.87. The van der Waals surface area contributed by atoms with Crippen LogP contribution in [0.3, 0.4) is 0 Å². The van der Waals surface area contributed by atoms with E-state index in [0.29, 0.717) is 5.02 Å². The molecule has 4 N–H and O–H groups in total. The van der Waals surface area contributed by atoms with Crippen LogP contribution < -0.4 is 11.1 Å². The standard InChI is InChI=1S/C10H13ClN2O/c11-6-1-2-7-9(5-6)13-4-3-8(12)10(7)14/h1-2,5,8,10,13-14H,3-4,12H2. The largest absolute Gasteiger partial charge is 0.387 e. The molecular weight excluding hydrogens is 200 g/mol. The second-order valence-corrected chi connectivity index (χ2v) is 3.99. The number of halogens is 1. The molecule has 2 unspecified atom stereocenters. The van der Waals surface area contributed by atoms with E-state index >= 15 is 0 Å². The number of aliphatic hydroxyl groups excluding tert-OH is 1. The summed E-state index contributed by atoms with van der Waals surface area (Å²) >= 11 is 5.86. The molecule has 0 saturated carbocycles. The number of fused-ring (bicyclic) bond motifs is 1. The zero-order chi connectivity index (χ0) is 10.1. The monoisotopic (exact) mass is 212 g/mol. The van der Waals surface area contributed by atoms with E-state index < -0.39 is 6.10 Å². The maximum Gasteiger partial charge on any atom is 0.0961 e. The topological polar surface area (TPSA) is 58.3 Å². The number of anilines is 1. The fraction of sp³-hybridized carbons (Fsp3) is 0.400. The molecule has 0 radical (unpaired) electrons. The van der Waals surface area contributed by atoms with Crippen molar-refractivity contribution < 1.29 is 5.11 Å². The molecule has 0 bridgehead atoms. The average molecular weight is 213 g/mol. The number of hydrogen-bond acceptors (Lipinski definition) is 3. The molecule has 3 nitrogen and oxygen atoms in total. The highest BCUT2D eigenvalue weighted by atomic mass is 35.5. The van der Waals surface area contributed by atoms with Gasteiger partial charge in [0.25, 0.3) is 0 Å². The minimum Gasteiger partial charge on any atom is -0.387 e. The van der Waals surface area contributed by atoms with Gasteiger partial charge in [0, 0.05) is 28.9 Å². The minimum absolute atomic E-state index is 0.204. The van der Waals surface area contributed by atoms with Gasteiger partial charge in [0.1, 0.15) is 0 Å². The molecule has 1 aliphatic heterocycles. The van der Waals surface area contributed by atoms with Crippen molar-refractivity contribution in [3.05, 3.63) is 28.8 Å². The lowest BCUT2D eigenvalue weighted by molar-refractivity contribution is 0.146. The van der Waals surface area contributed by atoms with Gasteiger partial charge in [-0.25, -0.2) is 0 Å². The van der Waals surface area contributed by atoms with Crippen LogP contribution in [0.4, 0.5) is 5.69 Å². The highest BCUT2D eigenvalue weighted by Crippen LogP contribution is 2.30. The van der Waals surface area contributed by atoms with Gasteiger partial charge in [-0.2, -0.15) is 0 Å². The van der Waals surface area contributed by atoms with Crippen LogP contribution in [0.25, 0.3) is 0 Å². The van der Waals surface area contributed by atoms with Crippen LogP contribution in [-0.4, -0.2) is 17.7 Å². The van der Waals surface area contributed by atoms with E-state index in [2.05, 4.69) is 5.32 Å². The molecule has 0 fully saturated rings. The number of hydrogen-bond donors (Lipinski definition) is 3. The summed E-state index contributed by atoms with van der Waals surface area (Å²) in [6.07, 6.45) is 0.158. The molecule has 2 atom stereocenters. The first-order valence-corrected chi connectivity index (χ1v) is 5.03. The van der Waals surface area contributed by atoms with Crippen LogP contribution in [0, 0.1) is 0 Å². The number of rotatable bonds is 0. The zero-order valence-electron chi connectivity index (χ0n) is 7.70. The van der Waals surface area contributed by atoms with Crippen molar-refractivity contribution >= 4 is 17.3 Å². The lowest BCUT2D eigenvalue weighted by atomic mass is 10.0. The Morgan fingerprint density at radius 3 is 3.07 bits per heavy atom. The third-order valence-electron chi connectivity index (χ3n) is 2.53. The Morgan fingerprint density at radius 1 is 1.50 bits per heavy atom. The molecule has 0 aliphatic carbocycles. The quantitative estimate of drug-likeness (QED) is 0.611. The molecular formula is C10H13ClN2O. The molecule has 1 aliphatic rings. The van der Waals surface area contributed by atoms with Gasteiger partial charge in [0.15, 0.2) is 0 Å². The number of aliphatic hydroxyl groups is 1. The smallest absolute Gasteiger partial charge is 0.0961 e. The SMILES string of the molecule is NC1CCNc2cc(Cl)ccc2C1O. The van der Waals surface area contributed by atoms with E-state index in [1.807, 2.05) is 12.1 Å². The van der Waals surface area contributed by atoms with E-state index in [9.17, 15) is 5.11 Å². The third kappa shape index (κ3) is 1.71. The van der Waals surface area contributed by atoms with Crippen LogP contribution >= 0.6 is 11.6 Å². The Hall–Kier alpha value is -0.770. The normalized spacial score (nSPS) is 26.2. The summed E-state index contributed by atoms with van der Waals surface area (Å²) in [4.78, 5) is 0. The first-order valence-electron chi connectivity index (χ1n) is 4.65. The lowest BCUT2D eigenvalue weighted by Gasteiger charge is -2.16. The number of nitrogens with two attached hydrogens (primary N) is 1. The molecule has 1 aromatic rings. The van der Waals surface area contributed by atoms with Crippen LogP contribution in [-0.2, 0) is 0 Å². The third-order valence-corrected chi connectivity index (χ3v) is 2.77. The van der Waals surface area contributed by atoms with Gasteiger partial charge in [0.05, 0.1) is 6.10 Å². The summed E-state index contributed by atoms with van der Waals surface area (Å²) in [5, 5.41) is 13.8. The Kier molecular flexibility index (Phi) is 2.63. The predicted octanol–water partition coefficient (Wildman–Crippen LogP) is 1.52. The highest BCUT2D eigenvalue weighted by molar-refractivity contribution is 6.30. The summed E-state index contributed by atoms with van der Waals surface area (Å²) in [6.45, 7) is 0.769. The van der Waals surface area contributed by atoms with Crippen molar-refractivity contribution in [3.63, 3.8) is 0 Å². The zero-order valence-corrected chi connectivity index (χ0v) is 8.46. The number of nitrogens with one attached hydrogen (secondary N) is 1. The second kappa shape index (κ2) is 3.77. The minimum atomic E-state index is -0.600. The first kappa shape index (κ1) is 9.77. The van der Waals surface area contributed by atoms with E-state index in [4.69, 9.17) is 17.3 Å². The lowest BCUT2D eigenvalue weighted by Crippen LogP contribution is -2.28. The molecule has 1 aromatic carbocycles.